The fraction of sp³-hybridized carbons (Fsp3) is 0.652. The molecule has 0 amide bonds. The number of hydrogen-bond acceptors (Lipinski definition) is 30. The predicted molar refractivity (Wildman–Crippen MR) is 431 cm³/mol. The molecule has 3 heterocycles. The van der Waals surface area contributed by atoms with Crippen LogP contribution in [0.2, 0.25) is 0 Å². The van der Waals surface area contributed by atoms with E-state index in [9.17, 15) is 105 Å². The van der Waals surface area contributed by atoms with Gasteiger partial charge in [-0.05, 0) is 97.5 Å². The van der Waals surface area contributed by atoms with Crippen molar-refractivity contribution in [1.29, 1.82) is 0 Å². The maximum Gasteiger partial charge on any atom is 0.338 e. The van der Waals surface area contributed by atoms with Crippen molar-refractivity contribution in [2.24, 2.45) is 50.2 Å². The minimum absolute atomic E-state index is 0. The molecule has 6 saturated carbocycles. The molecule has 12 aliphatic rings. The van der Waals surface area contributed by atoms with Crippen LogP contribution in [-0.2, 0) is 61.8 Å². The van der Waals surface area contributed by atoms with Crippen LogP contribution in [0.5, 0.6) is 0 Å². The van der Waals surface area contributed by atoms with E-state index in [1.807, 2.05) is 0 Å². The fourth-order valence-electron chi connectivity index (χ4n) is 23.4. The Bertz CT molecular complexity index is 4390. The van der Waals surface area contributed by atoms with Gasteiger partial charge in [0.25, 0.3) is 0 Å². The van der Waals surface area contributed by atoms with Gasteiger partial charge in [-0.3, -0.25) is 19.2 Å². The van der Waals surface area contributed by atoms with E-state index in [4.69, 9.17) is 65.8 Å². The van der Waals surface area contributed by atoms with E-state index >= 15 is 0 Å². The molecule has 3 aromatic rings. The van der Waals surface area contributed by atoms with E-state index in [2.05, 4.69) is 0 Å². The number of ketones is 1. The van der Waals surface area contributed by atoms with E-state index in [-0.39, 0.29) is 237 Å². The molecular weight excluding hydrogens is 2300 g/mol. The van der Waals surface area contributed by atoms with Crippen LogP contribution in [0.1, 0.15) is 181 Å². The Morgan fingerprint density at radius 2 is 0.661 bits per heavy atom. The number of carbonyl (C=O) groups excluding carboxylic acids is 7. The molecule has 3 aromatic carbocycles. The van der Waals surface area contributed by atoms with Crippen LogP contribution < -0.4 is 0 Å². The SMILES string of the molecule is C.CC(=O)O[C@@]12CO[C@@H]1C[C@H](O)[C@@]1(C)C(=O)[C@H](O)C3=C(C)[C@@H](O)C[C@@](O)([C@@H](OC(=O)c4ccccc4)[C@H]21)C3(C)C.CC(=O)O[C@@]12CO[C@@H]1C[C@H](O)[C@@]1(C)[C@H](O)[C@H](O)C3=C(C)[C@@H](O)C[C@@](O)([C@@H](OC(=O)c4ccccc4)[C@H]21)C3(C)C.CC(=O)O[C@@]12CO[C@@H]1C[C@H](O)[C@@]1(C)[C@H](O)[C@H](O)C3=C(C)[C@@H](O)C[C@@](O)([C@@H](OC(=O)c4ccccc4)[C@H]21)C3(C)C.ClCCl.[Ac].[Ac].[Ac]. The third-order valence-electron chi connectivity index (χ3n) is 30.3. The van der Waals surface area contributed by atoms with Crippen LogP contribution in [0, 0.1) is 182 Å². The Balaban J connectivity index is 0.000000223. The number of hydrogen-bond donors (Lipinski definition) is 14. The van der Waals surface area contributed by atoms with Gasteiger partial charge in [0.15, 0.2) is 22.6 Å². The van der Waals surface area contributed by atoms with Crippen molar-refractivity contribution in [1.82, 2.24) is 0 Å². The number of benzene rings is 3. The number of ether oxygens (including phenoxy) is 9. The van der Waals surface area contributed by atoms with Gasteiger partial charge in [0.2, 0.25) is 0 Å². The average molecular weight is 2420 g/mol. The molecule has 124 heavy (non-hydrogen) atoms. The fourth-order valence-corrected chi connectivity index (χ4v) is 23.4. The molecule has 3 saturated heterocycles. The maximum atomic E-state index is 14.3. The third kappa shape index (κ3) is 16.6. The molecule has 677 valence electrons. The molecular formula is C89H118Ac3Cl2O30. The summed E-state index contributed by atoms with van der Waals surface area (Å²) in [6.45, 7) is 22.4. The molecule has 0 aromatic heterocycles. The van der Waals surface area contributed by atoms with Gasteiger partial charge in [0.05, 0.1) is 114 Å². The molecule has 3 radical (unpaired) electrons. The molecule has 9 fully saturated rings. The first-order valence-electron chi connectivity index (χ1n) is 40.5. The molecule has 15 rings (SSSR count). The number of esters is 6. The first-order valence-corrected chi connectivity index (χ1v) is 41.5. The predicted octanol–water partition coefficient (Wildman–Crippen LogP) is 4.89. The van der Waals surface area contributed by atoms with Crippen molar-refractivity contribution in [2.45, 2.75) is 287 Å². The van der Waals surface area contributed by atoms with Crippen molar-refractivity contribution in [2.75, 3.05) is 25.2 Å². The second-order valence-electron chi connectivity index (χ2n) is 37.1. The van der Waals surface area contributed by atoms with Crippen molar-refractivity contribution in [3.63, 3.8) is 0 Å². The minimum atomic E-state index is -2.07. The van der Waals surface area contributed by atoms with Crippen LogP contribution in [0.3, 0.4) is 0 Å². The van der Waals surface area contributed by atoms with Gasteiger partial charge in [-0.15, -0.1) is 23.2 Å². The summed E-state index contributed by atoms with van der Waals surface area (Å²) in [5.41, 5.74) is -17.7. The summed E-state index contributed by atoms with van der Waals surface area (Å²) in [5, 5.41) is 165. The standard InChI is InChI=1S/2C29H38O10.C29H36O10.CH2Cl2.CH4.3Ac/c3*1-14-17(31)12-29(36)24(38-25(35)16-9-7-6-8-10-16)22-27(5,23(34)21(33)20(14)26(29,3)4)18(32)11-19-28(22,13-37-19)39-15(2)30;2-1-3;;;;/h2*6-10,17-19,21-24,31-34,36H,11-13H2,1-5H3;6-10,17-19,21-22,24,31-33,36H,11-13H2,1-5H3;1H2;1H4;;;/t2*17-,18-,19+,21+,22-,23+,24-,27+,28-,29+;17-,18-,19+,21+,22-,24-,27+,28-,29+;;;;;/m000...../s1. The average Bonchev–Trinajstić information content (AvgIpc) is 0.678. The van der Waals surface area contributed by atoms with Crippen LogP contribution in [0.4, 0.5) is 0 Å². The summed E-state index contributed by atoms with van der Waals surface area (Å²) in [5.74, 6) is -8.93. The van der Waals surface area contributed by atoms with Crippen molar-refractivity contribution in [3.05, 3.63) is 141 Å². The number of aliphatic hydroxyl groups is 14. The summed E-state index contributed by atoms with van der Waals surface area (Å²) in [4.78, 5) is 92.4. The molecule has 30 nitrogen and oxygen atoms in total. The molecule has 29 atom stereocenters. The van der Waals surface area contributed by atoms with E-state index in [0.29, 0.717) is 16.7 Å². The second-order valence-corrected chi connectivity index (χ2v) is 37.9. The van der Waals surface area contributed by atoms with Gasteiger partial charge in [-0.25, -0.2) is 14.4 Å². The number of halogens is 2. The maximum absolute atomic E-state index is 14.3. The number of carbonyl (C=O) groups is 7. The smallest absolute Gasteiger partial charge is 0.338 e. The van der Waals surface area contributed by atoms with E-state index in [1.165, 1.54) is 39.8 Å². The van der Waals surface area contributed by atoms with Gasteiger partial charge in [0, 0.05) is 219 Å². The first kappa shape index (κ1) is 107. The van der Waals surface area contributed by atoms with Crippen LogP contribution in [-0.4, -0.2) is 276 Å². The Morgan fingerprint density at radius 3 is 0.927 bits per heavy atom. The van der Waals surface area contributed by atoms with Gasteiger partial charge in [-0.2, -0.15) is 0 Å². The Labute approximate surface area is 838 Å². The molecule has 14 N–H and O–H groups in total. The molecule has 3 aliphatic heterocycles. The summed E-state index contributed by atoms with van der Waals surface area (Å²) in [6.07, 6.45) is -24.0. The Morgan fingerprint density at radius 1 is 0.411 bits per heavy atom. The zero-order valence-electron chi connectivity index (χ0n) is 71.6. The third-order valence-corrected chi connectivity index (χ3v) is 30.3. The molecule has 0 unspecified atom stereocenters. The van der Waals surface area contributed by atoms with Crippen LogP contribution >= 0.6 is 23.2 Å². The largest absolute Gasteiger partial charge is 0.455 e. The van der Waals surface area contributed by atoms with Gasteiger partial charge in [0.1, 0.15) is 71.7 Å². The second kappa shape index (κ2) is 38.5. The quantitative estimate of drug-likeness (QED) is 0.0587. The number of alkyl halides is 2. The van der Waals surface area contributed by atoms with Gasteiger partial charge in [-0.1, -0.05) is 117 Å². The molecule has 9 aliphatic carbocycles. The van der Waals surface area contributed by atoms with Crippen LogP contribution in [0.25, 0.3) is 0 Å². The number of fused-ring (bicyclic) bond motifs is 15. The topological polar surface area (TPSA) is 486 Å². The van der Waals surface area contributed by atoms with E-state index in [0.717, 1.165) is 0 Å². The van der Waals surface area contributed by atoms with E-state index < -0.39 is 229 Å². The minimum Gasteiger partial charge on any atom is -0.455 e. The van der Waals surface area contributed by atoms with Crippen molar-refractivity contribution < 1.29 is 280 Å². The normalized spacial score (nSPS) is 41.7. The first-order chi connectivity index (χ1) is 55.8. The Hall–Kier alpha value is -2.41. The van der Waals surface area contributed by atoms with Gasteiger partial charge >= 0.3 is 35.8 Å². The molecule has 0 spiro atoms. The number of aliphatic hydroxyl groups excluding tert-OH is 11. The van der Waals surface area contributed by atoms with Crippen LogP contribution in [0.15, 0.2) is 124 Å². The summed E-state index contributed by atoms with van der Waals surface area (Å²) >= 11 is 9.53. The molecule has 35 heteroatoms. The summed E-state index contributed by atoms with van der Waals surface area (Å²) in [7, 11) is 0. The van der Waals surface area contributed by atoms with Crippen molar-refractivity contribution in [3.8, 4) is 0 Å². The Kier molecular flexibility index (Phi) is 33.2. The summed E-state index contributed by atoms with van der Waals surface area (Å²) in [6, 6.07) is 24.4. The zero-order valence-corrected chi connectivity index (χ0v) is 87.3. The molecule has 6 bridgehead atoms. The zero-order chi connectivity index (χ0) is 88.8. The van der Waals surface area contributed by atoms with Gasteiger partial charge < -0.3 is 114 Å². The van der Waals surface area contributed by atoms with Crippen molar-refractivity contribution >= 4 is 64.8 Å². The number of rotatable bonds is 9. The number of Topliss-reactive ketones (excluding diaryl/α,β-unsaturated/α-hetero) is 1. The summed E-state index contributed by atoms with van der Waals surface area (Å²) < 4.78 is 53.4. The van der Waals surface area contributed by atoms with E-state index in [1.54, 1.807) is 155 Å². The monoisotopic (exact) mass is 2420 g/mol.